The SMILES string of the molecule is CNC(Cc1nc2ccccc2s1)C1(C)CCCCO1. The van der Waals surface area contributed by atoms with E-state index in [1.807, 2.05) is 13.1 Å². The van der Waals surface area contributed by atoms with Crippen LogP contribution < -0.4 is 5.32 Å². The molecule has 1 aromatic carbocycles. The van der Waals surface area contributed by atoms with Crippen LogP contribution in [0.4, 0.5) is 0 Å². The van der Waals surface area contributed by atoms with Crippen LogP contribution in [0.5, 0.6) is 0 Å². The smallest absolute Gasteiger partial charge is 0.0955 e. The van der Waals surface area contributed by atoms with Gasteiger partial charge in [-0.15, -0.1) is 11.3 Å². The molecule has 0 amide bonds. The lowest BCUT2D eigenvalue weighted by molar-refractivity contribution is -0.0870. The second-order valence-corrected chi connectivity index (χ2v) is 6.85. The maximum absolute atomic E-state index is 6.08. The quantitative estimate of drug-likeness (QED) is 0.937. The first-order valence-corrected chi connectivity index (χ1v) is 8.18. The number of hydrogen-bond acceptors (Lipinski definition) is 4. The van der Waals surface area contributed by atoms with Crippen molar-refractivity contribution in [2.45, 2.75) is 44.2 Å². The Morgan fingerprint density at radius 2 is 2.25 bits per heavy atom. The van der Waals surface area contributed by atoms with E-state index in [9.17, 15) is 0 Å². The monoisotopic (exact) mass is 290 g/mol. The van der Waals surface area contributed by atoms with E-state index in [1.54, 1.807) is 11.3 Å². The van der Waals surface area contributed by atoms with Gasteiger partial charge in [-0.3, -0.25) is 0 Å². The molecule has 4 heteroatoms. The van der Waals surface area contributed by atoms with Crippen molar-refractivity contribution in [2.24, 2.45) is 0 Å². The topological polar surface area (TPSA) is 34.2 Å². The van der Waals surface area contributed by atoms with Crippen LogP contribution in [0.15, 0.2) is 24.3 Å². The molecule has 2 unspecified atom stereocenters. The van der Waals surface area contributed by atoms with Gasteiger partial charge < -0.3 is 10.1 Å². The van der Waals surface area contributed by atoms with Gasteiger partial charge in [0.1, 0.15) is 0 Å². The van der Waals surface area contributed by atoms with E-state index in [4.69, 9.17) is 9.72 Å². The first-order valence-electron chi connectivity index (χ1n) is 7.37. The third-order valence-corrected chi connectivity index (χ3v) is 5.36. The molecule has 2 aromatic rings. The Morgan fingerprint density at radius 1 is 1.40 bits per heavy atom. The van der Waals surface area contributed by atoms with Crippen LogP contribution in [-0.2, 0) is 11.2 Å². The Bertz CT molecular complexity index is 542. The summed E-state index contributed by atoms with van der Waals surface area (Å²) in [7, 11) is 2.03. The predicted octanol–water partition coefficient (Wildman–Crippen LogP) is 3.39. The zero-order valence-corrected chi connectivity index (χ0v) is 13.0. The van der Waals surface area contributed by atoms with Crippen molar-refractivity contribution in [3.63, 3.8) is 0 Å². The van der Waals surface area contributed by atoms with Gasteiger partial charge in [0.2, 0.25) is 0 Å². The second-order valence-electron chi connectivity index (χ2n) is 5.74. The molecule has 0 saturated carbocycles. The van der Waals surface area contributed by atoms with Crippen molar-refractivity contribution in [3.8, 4) is 0 Å². The second kappa shape index (κ2) is 5.80. The van der Waals surface area contributed by atoms with Crippen molar-refractivity contribution in [2.75, 3.05) is 13.7 Å². The number of likely N-dealkylation sites (N-methyl/N-ethyl adjacent to an activating group) is 1. The molecule has 0 spiro atoms. The Balaban J connectivity index is 1.80. The third-order valence-electron chi connectivity index (χ3n) is 4.30. The summed E-state index contributed by atoms with van der Waals surface area (Å²) in [5.41, 5.74) is 1.04. The molecule has 0 radical (unpaired) electrons. The molecule has 20 heavy (non-hydrogen) atoms. The Kier molecular flexibility index (Phi) is 4.06. The molecule has 0 aliphatic carbocycles. The average Bonchev–Trinajstić information content (AvgIpc) is 2.88. The standard InChI is InChI=1S/C16H22N2OS/c1-16(9-5-6-10-19-16)14(17-2)11-15-18-12-7-3-4-8-13(12)20-15/h3-4,7-8,14,17H,5-6,9-11H2,1-2H3. The van der Waals surface area contributed by atoms with Crippen LogP contribution in [0.2, 0.25) is 0 Å². The average molecular weight is 290 g/mol. The van der Waals surface area contributed by atoms with Gasteiger partial charge in [-0.25, -0.2) is 4.98 Å². The lowest BCUT2D eigenvalue weighted by atomic mass is 9.86. The normalized spacial score (nSPS) is 24.9. The number of nitrogens with zero attached hydrogens (tertiary/aromatic N) is 1. The van der Waals surface area contributed by atoms with E-state index < -0.39 is 0 Å². The number of ether oxygens (including phenoxy) is 1. The van der Waals surface area contributed by atoms with Gasteiger partial charge in [0.25, 0.3) is 0 Å². The largest absolute Gasteiger partial charge is 0.374 e. The van der Waals surface area contributed by atoms with E-state index in [0.29, 0.717) is 6.04 Å². The van der Waals surface area contributed by atoms with E-state index in [0.717, 1.165) is 25.0 Å². The van der Waals surface area contributed by atoms with Gasteiger partial charge in [-0.05, 0) is 45.4 Å². The highest BCUT2D eigenvalue weighted by atomic mass is 32.1. The fraction of sp³-hybridized carbons (Fsp3) is 0.562. The lowest BCUT2D eigenvalue weighted by Gasteiger charge is -2.40. The highest BCUT2D eigenvalue weighted by Crippen LogP contribution is 2.31. The van der Waals surface area contributed by atoms with E-state index >= 15 is 0 Å². The molecule has 1 saturated heterocycles. The molecule has 0 bridgehead atoms. The summed E-state index contributed by atoms with van der Waals surface area (Å²) in [5.74, 6) is 0. The van der Waals surface area contributed by atoms with Gasteiger partial charge in [0.15, 0.2) is 0 Å². The summed E-state index contributed by atoms with van der Waals surface area (Å²) >= 11 is 1.80. The Morgan fingerprint density at radius 3 is 2.95 bits per heavy atom. The van der Waals surface area contributed by atoms with Gasteiger partial charge in [-0.1, -0.05) is 12.1 Å². The minimum Gasteiger partial charge on any atom is -0.374 e. The van der Waals surface area contributed by atoms with Crippen molar-refractivity contribution in [1.29, 1.82) is 0 Å². The van der Waals surface area contributed by atoms with E-state index in [2.05, 4.69) is 30.4 Å². The summed E-state index contributed by atoms with van der Waals surface area (Å²) in [5, 5.41) is 4.64. The van der Waals surface area contributed by atoms with Gasteiger partial charge in [0, 0.05) is 19.1 Å². The van der Waals surface area contributed by atoms with Crippen molar-refractivity contribution in [1.82, 2.24) is 10.3 Å². The Hall–Kier alpha value is -0.970. The van der Waals surface area contributed by atoms with Crippen molar-refractivity contribution in [3.05, 3.63) is 29.3 Å². The number of benzene rings is 1. The summed E-state index contributed by atoms with van der Waals surface area (Å²) in [6.07, 6.45) is 4.51. The van der Waals surface area contributed by atoms with Crippen molar-refractivity contribution < 1.29 is 4.74 Å². The molecule has 1 aromatic heterocycles. The first-order chi connectivity index (χ1) is 9.71. The zero-order chi connectivity index (χ0) is 14.0. The zero-order valence-electron chi connectivity index (χ0n) is 12.2. The number of para-hydroxylation sites is 1. The summed E-state index contributed by atoms with van der Waals surface area (Å²) in [4.78, 5) is 4.75. The van der Waals surface area contributed by atoms with Crippen LogP contribution in [-0.4, -0.2) is 30.3 Å². The lowest BCUT2D eigenvalue weighted by Crippen LogP contribution is -2.52. The summed E-state index contributed by atoms with van der Waals surface area (Å²) in [6.45, 7) is 3.12. The van der Waals surface area contributed by atoms with Gasteiger partial charge >= 0.3 is 0 Å². The molecule has 108 valence electrons. The third kappa shape index (κ3) is 2.73. The maximum atomic E-state index is 6.08. The maximum Gasteiger partial charge on any atom is 0.0955 e. The van der Waals surface area contributed by atoms with Crippen LogP contribution >= 0.6 is 11.3 Å². The molecule has 1 N–H and O–H groups in total. The molecular weight excluding hydrogens is 268 g/mol. The molecule has 1 aliphatic rings. The van der Waals surface area contributed by atoms with E-state index in [1.165, 1.54) is 22.5 Å². The summed E-state index contributed by atoms with van der Waals surface area (Å²) in [6, 6.07) is 8.67. The predicted molar refractivity (Wildman–Crippen MR) is 84.4 cm³/mol. The van der Waals surface area contributed by atoms with Gasteiger partial charge in [-0.2, -0.15) is 0 Å². The fourth-order valence-corrected chi connectivity index (χ4v) is 4.05. The molecule has 2 heterocycles. The van der Waals surface area contributed by atoms with Crippen molar-refractivity contribution >= 4 is 21.6 Å². The Labute approximate surface area is 124 Å². The first kappa shape index (κ1) is 14.0. The van der Waals surface area contributed by atoms with E-state index in [-0.39, 0.29) is 5.60 Å². The van der Waals surface area contributed by atoms with Crippen LogP contribution in [0.3, 0.4) is 0 Å². The molecule has 1 fully saturated rings. The number of thiazole rings is 1. The fourth-order valence-electron chi connectivity index (χ4n) is 3.04. The minimum atomic E-state index is -0.0646. The molecule has 2 atom stereocenters. The number of hydrogen-bond donors (Lipinski definition) is 1. The van der Waals surface area contributed by atoms with Crippen LogP contribution in [0.1, 0.15) is 31.2 Å². The summed E-state index contributed by atoms with van der Waals surface area (Å²) < 4.78 is 7.35. The van der Waals surface area contributed by atoms with Gasteiger partial charge in [0.05, 0.1) is 20.8 Å². The minimum absolute atomic E-state index is 0.0646. The molecule has 3 rings (SSSR count). The highest BCUT2D eigenvalue weighted by Gasteiger charge is 2.36. The molecular formula is C16H22N2OS. The number of nitrogens with one attached hydrogen (secondary N) is 1. The number of aromatic nitrogens is 1. The highest BCUT2D eigenvalue weighted by molar-refractivity contribution is 7.18. The number of rotatable bonds is 4. The molecule has 3 nitrogen and oxygen atoms in total. The van der Waals surface area contributed by atoms with Crippen LogP contribution in [0.25, 0.3) is 10.2 Å². The molecule has 1 aliphatic heterocycles. The van der Waals surface area contributed by atoms with Crippen LogP contribution in [0, 0.1) is 0 Å². The number of fused-ring (bicyclic) bond motifs is 1.